The Morgan fingerprint density at radius 3 is 2.34 bits per heavy atom. The van der Waals surface area contributed by atoms with Crippen molar-refractivity contribution < 1.29 is 37.1 Å². The first kappa shape index (κ1) is 26.5. The van der Waals surface area contributed by atoms with Crippen molar-refractivity contribution >= 4 is 29.5 Å². The molecule has 1 aromatic rings. The largest absolute Gasteiger partial charge is 0.444 e. The van der Waals surface area contributed by atoms with Crippen LogP contribution in [0.1, 0.15) is 45.1 Å². The summed E-state index contributed by atoms with van der Waals surface area (Å²) >= 11 is 0. The fraction of sp³-hybridized carbons (Fsp3) is 0.565. The second-order valence-corrected chi connectivity index (χ2v) is 9.63. The van der Waals surface area contributed by atoms with Crippen molar-refractivity contribution in [2.75, 3.05) is 31.5 Å². The van der Waals surface area contributed by atoms with Crippen LogP contribution in [0.2, 0.25) is 0 Å². The van der Waals surface area contributed by atoms with E-state index < -0.39 is 48.8 Å². The minimum absolute atomic E-state index is 0.00454. The van der Waals surface area contributed by atoms with Crippen LogP contribution in [0.3, 0.4) is 0 Å². The van der Waals surface area contributed by atoms with Crippen molar-refractivity contribution in [1.82, 2.24) is 15.1 Å². The average molecular weight is 499 g/mol. The first-order chi connectivity index (χ1) is 16.2. The maximum Gasteiger partial charge on any atom is 0.410 e. The van der Waals surface area contributed by atoms with Crippen LogP contribution in [-0.4, -0.2) is 77.6 Å². The molecular weight excluding hydrogens is 469 g/mol. The molecule has 2 aliphatic heterocycles. The highest BCUT2D eigenvalue weighted by Crippen LogP contribution is 2.29. The van der Waals surface area contributed by atoms with Crippen LogP contribution in [0.25, 0.3) is 0 Å². The summed E-state index contributed by atoms with van der Waals surface area (Å²) in [5.74, 6) is -1.83. The molecule has 2 heterocycles. The molecule has 1 aromatic carbocycles. The molecule has 0 spiro atoms. The predicted molar refractivity (Wildman–Crippen MR) is 119 cm³/mol. The zero-order valence-corrected chi connectivity index (χ0v) is 19.8. The molecule has 2 fully saturated rings. The van der Waals surface area contributed by atoms with Gasteiger partial charge >= 0.3 is 12.3 Å². The van der Waals surface area contributed by atoms with Gasteiger partial charge in [-0.1, -0.05) is 12.1 Å². The number of nitrogens with zero attached hydrogens (tertiary/aromatic N) is 2. The Bertz CT molecular complexity index is 975. The van der Waals surface area contributed by atoms with Gasteiger partial charge in [0, 0.05) is 31.7 Å². The van der Waals surface area contributed by atoms with Gasteiger partial charge in [-0.3, -0.25) is 24.6 Å². The van der Waals surface area contributed by atoms with Gasteiger partial charge < -0.3 is 15.0 Å². The number of amides is 4. The molecule has 0 aromatic heterocycles. The van der Waals surface area contributed by atoms with E-state index in [0.29, 0.717) is 17.7 Å². The molecule has 0 bridgehead atoms. The number of ether oxygens (including phenoxy) is 1. The third-order valence-corrected chi connectivity index (χ3v) is 5.70. The van der Waals surface area contributed by atoms with E-state index in [9.17, 15) is 32.3 Å². The molecule has 35 heavy (non-hydrogen) atoms. The summed E-state index contributed by atoms with van der Waals surface area (Å²) in [5.41, 5.74) is 0.195. The highest BCUT2D eigenvalue weighted by atomic mass is 19.4. The van der Waals surface area contributed by atoms with Crippen molar-refractivity contribution in [2.24, 2.45) is 0 Å². The van der Waals surface area contributed by atoms with Crippen molar-refractivity contribution in [3.8, 4) is 0 Å². The van der Waals surface area contributed by atoms with Crippen LogP contribution in [0.15, 0.2) is 24.3 Å². The molecule has 0 saturated carbocycles. The lowest BCUT2D eigenvalue weighted by atomic mass is 9.90. The maximum atomic E-state index is 13.7. The molecule has 192 valence electrons. The number of carbonyl (C=O) groups is 4. The molecule has 0 aliphatic carbocycles. The average Bonchev–Trinajstić information content (AvgIpc) is 2.73. The van der Waals surface area contributed by atoms with E-state index in [4.69, 9.17) is 4.74 Å². The van der Waals surface area contributed by atoms with Crippen LogP contribution in [0, 0.1) is 0 Å². The van der Waals surface area contributed by atoms with Crippen LogP contribution < -0.4 is 10.6 Å². The zero-order chi connectivity index (χ0) is 26.0. The number of piperazine rings is 1. The van der Waals surface area contributed by atoms with Gasteiger partial charge in [-0.15, -0.1) is 0 Å². The molecule has 2 N–H and O–H groups in total. The van der Waals surface area contributed by atoms with Crippen molar-refractivity contribution in [1.29, 1.82) is 0 Å². The molecule has 4 amide bonds. The number of hydrogen-bond donors (Lipinski definition) is 2. The van der Waals surface area contributed by atoms with Gasteiger partial charge in [0.05, 0.1) is 12.5 Å². The molecule has 12 heteroatoms. The molecule has 1 unspecified atom stereocenters. The van der Waals surface area contributed by atoms with Crippen molar-refractivity contribution in [3.63, 3.8) is 0 Å². The fourth-order valence-corrected chi connectivity index (χ4v) is 4.01. The molecule has 3 rings (SSSR count). The number of carbonyl (C=O) groups excluding carboxylic acids is 4. The summed E-state index contributed by atoms with van der Waals surface area (Å²) in [4.78, 5) is 50.0. The van der Waals surface area contributed by atoms with E-state index >= 15 is 0 Å². The minimum atomic E-state index is -4.65. The topological polar surface area (TPSA) is 108 Å². The number of imide groups is 1. The molecule has 2 atom stereocenters. The second-order valence-electron chi connectivity index (χ2n) is 9.63. The van der Waals surface area contributed by atoms with E-state index in [2.05, 4.69) is 10.6 Å². The lowest BCUT2D eigenvalue weighted by Crippen LogP contribution is -2.61. The normalized spacial score (nSPS) is 21.9. The molecule has 2 saturated heterocycles. The molecule has 0 radical (unpaired) electrons. The van der Waals surface area contributed by atoms with Crippen molar-refractivity contribution in [2.45, 2.75) is 57.3 Å². The number of piperidine rings is 1. The quantitative estimate of drug-likeness (QED) is 0.618. The Morgan fingerprint density at radius 1 is 1.11 bits per heavy atom. The van der Waals surface area contributed by atoms with Crippen LogP contribution in [0.4, 0.5) is 23.7 Å². The number of hydrogen-bond acceptors (Lipinski definition) is 6. The van der Waals surface area contributed by atoms with E-state index in [1.807, 2.05) is 0 Å². The Hall–Kier alpha value is -3.15. The number of benzene rings is 1. The Labute approximate surface area is 200 Å². The lowest BCUT2D eigenvalue weighted by Gasteiger charge is -2.41. The highest BCUT2D eigenvalue weighted by molar-refractivity contribution is 6.01. The molecule has 9 nitrogen and oxygen atoms in total. The predicted octanol–water partition coefficient (Wildman–Crippen LogP) is 2.63. The maximum absolute atomic E-state index is 13.7. The fourth-order valence-electron chi connectivity index (χ4n) is 4.01. The first-order valence-electron chi connectivity index (χ1n) is 11.2. The zero-order valence-electron chi connectivity index (χ0n) is 19.8. The Morgan fingerprint density at radius 2 is 1.77 bits per heavy atom. The third-order valence-electron chi connectivity index (χ3n) is 5.70. The summed E-state index contributed by atoms with van der Waals surface area (Å²) < 4.78 is 46.3. The molecule has 2 aliphatic rings. The minimum Gasteiger partial charge on any atom is -0.444 e. The van der Waals surface area contributed by atoms with E-state index in [-0.39, 0.29) is 31.3 Å². The monoisotopic (exact) mass is 498 g/mol. The van der Waals surface area contributed by atoms with Crippen LogP contribution in [-0.2, 0) is 19.1 Å². The number of anilines is 1. The highest BCUT2D eigenvalue weighted by Gasteiger charge is 2.48. The van der Waals surface area contributed by atoms with Gasteiger partial charge in [0.1, 0.15) is 11.6 Å². The van der Waals surface area contributed by atoms with E-state index in [1.165, 1.54) is 0 Å². The van der Waals surface area contributed by atoms with Gasteiger partial charge in [-0.2, -0.15) is 13.2 Å². The van der Waals surface area contributed by atoms with Gasteiger partial charge in [-0.25, -0.2) is 4.79 Å². The smallest absolute Gasteiger partial charge is 0.410 e. The lowest BCUT2D eigenvalue weighted by molar-refractivity contribution is -0.195. The summed E-state index contributed by atoms with van der Waals surface area (Å²) in [7, 11) is 0. The SMILES string of the molecule is CC(C)(C)OC(=O)N1CCN(CC(=O)Nc2ccc(C3CCC(=O)NC3=O)cc2)[C@@H](C(F)(F)F)C1. The molecular formula is C23H29F3N4O5. The van der Waals surface area contributed by atoms with Gasteiger partial charge in [0.15, 0.2) is 0 Å². The van der Waals surface area contributed by atoms with Gasteiger partial charge in [-0.05, 0) is 44.9 Å². The number of rotatable bonds is 4. The number of nitrogens with one attached hydrogen (secondary N) is 2. The van der Waals surface area contributed by atoms with Crippen LogP contribution in [0.5, 0.6) is 0 Å². The van der Waals surface area contributed by atoms with Gasteiger partial charge in [0.2, 0.25) is 17.7 Å². The summed E-state index contributed by atoms with van der Waals surface area (Å²) in [6.45, 7) is 3.59. The summed E-state index contributed by atoms with van der Waals surface area (Å²) in [6, 6.07) is 4.36. The van der Waals surface area contributed by atoms with E-state index in [0.717, 1.165) is 9.80 Å². The third kappa shape index (κ3) is 7.17. The summed E-state index contributed by atoms with van der Waals surface area (Å²) in [6.07, 6.45) is -4.86. The summed E-state index contributed by atoms with van der Waals surface area (Å²) in [5, 5.41) is 4.85. The standard InChI is InChI=1S/C23H29F3N4O5/c1-22(2,3)35-21(34)30-11-10-29(17(12-30)23(24,25)26)13-19(32)27-15-6-4-14(5-7-15)16-8-9-18(31)28-20(16)33/h4-7,16-17H,8-13H2,1-3H3,(H,27,32)(H,28,31,33)/t16?,17-/m1/s1. The van der Waals surface area contributed by atoms with Gasteiger partial charge in [0.25, 0.3) is 0 Å². The Balaban J connectivity index is 1.60. The number of alkyl halides is 3. The van der Waals surface area contributed by atoms with E-state index in [1.54, 1.807) is 45.0 Å². The number of halogens is 3. The Kier molecular flexibility index (Phi) is 7.73. The van der Waals surface area contributed by atoms with Crippen LogP contribution >= 0.6 is 0 Å². The first-order valence-corrected chi connectivity index (χ1v) is 11.2. The second kappa shape index (κ2) is 10.2. The van der Waals surface area contributed by atoms with Crippen molar-refractivity contribution in [3.05, 3.63) is 29.8 Å².